The Balaban J connectivity index is 1.81. The highest BCUT2D eigenvalue weighted by Gasteiger charge is 2.29. The van der Waals surface area contributed by atoms with Crippen LogP contribution < -0.4 is 5.32 Å². The molecule has 0 saturated heterocycles. The van der Waals surface area contributed by atoms with Crippen LogP contribution in [-0.4, -0.2) is 18.8 Å². The molecule has 3 rings (SSSR count). The van der Waals surface area contributed by atoms with Gasteiger partial charge in [0.05, 0.1) is 0 Å². The molecule has 110 valence electrons. The summed E-state index contributed by atoms with van der Waals surface area (Å²) in [6, 6.07) is 16.2. The molecule has 21 heavy (non-hydrogen) atoms. The minimum atomic E-state index is 0.503. The first-order valence-corrected chi connectivity index (χ1v) is 8.62. The van der Waals surface area contributed by atoms with E-state index >= 15 is 0 Å². The van der Waals surface area contributed by atoms with Gasteiger partial charge in [-0.05, 0) is 55.6 Å². The smallest absolute Gasteiger partial charge is 0.0182 e. The van der Waals surface area contributed by atoms with Gasteiger partial charge in [0.25, 0.3) is 0 Å². The largest absolute Gasteiger partial charge is 0.316 e. The predicted octanol–water partition coefficient (Wildman–Crippen LogP) is 4.32. The molecule has 1 heterocycles. The Morgan fingerprint density at radius 2 is 1.95 bits per heavy atom. The Labute approximate surface area is 132 Å². The summed E-state index contributed by atoms with van der Waals surface area (Å²) in [5.74, 6) is 1.80. The van der Waals surface area contributed by atoms with Gasteiger partial charge < -0.3 is 5.32 Å². The average Bonchev–Trinajstić information content (AvgIpc) is 2.92. The fourth-order valence-corrected chi connectivity index (χ4v) is 4.48. The average molecular weight is 297 g/mol. The van der Waals surface area contributed by atoms with E-state index in [4.69, 9.17) is 0 Å². The minimum absolute atomic E-state index is 0.503. The Morgan fingerprint density at radius 1 is 1.14 bits per heavy atom. The van der Waals surface area contributed by atoms with E-state index in [0.717, 1.165) is 6.42 Å². The Morgan fingerprint density at radius 3 is 2.71 bits per heavy atom. The van der Waals surface area contributed by atoms with Crippen LogP contribution in [0.3, 0.4) is 0 Å². The predicted molar refractivity (Wildman–Crippen MR) is 92.4 cm³/mol. The number of rotatable bonds is 4. The first-order valence-electron chi connectivity index (χ1n) is 7.64. The van der Waals surface area contributed by atoms with Gasteiger partial charge in [-0.25, -0.2) is 0 Å². The van der Waals surface area contributed by atoms with Gasteiger partial charge >= 0.3 is 0 Å². The van der Waals surface area contributed by atoms with Gasteiger partial charge in [0.2, 0.25) is 0 Å². The monoisotopic (exact) mass is 297 g/mol. The normalized spacial score (nSPS) is 18.5. The summed E-state index contributed by atoms with van der Waals surface area (Å²) >= 11 is 2.00. The van der Waals surface area contributed by atoms with E-state index in [1.165, 1.54) is 32.9 Å². The van der Waals surface area contributed by atoms with Crippen LogP contribution in [0.4, 0.5) is 0 Å². The van der Waals surface area contributed by atoms with E-state index in [9.17, 15) is 0 Å². The van der Waals surface area contributed by atoms with Crippen LogP contribution in [0, 0.1) is 13.8 Å². The number of aryl methyl sites for hydroxylation is 2. The van der Waals surface area contributed by atoms with Crippen molar-refractivity contribution in [1.82, 2.24) is 5.32 Å². The van der Waals surface area contributed by atoms with Gasteiger partial charge in [-0.15, -0.1) is 11.8 Å². The van der Waals surface area contributed by atoms with Gasteiger partial charge in [0, 0.05) is 22.6 Å². The van der Waals surface area contributed by atoms with Crippen molar-refractivity contribution in [3.63, 3.8) is 0 Å². The maximum atomic E-state index is 3.55. The lowest BCUT2D eigenvalue weighted by Gasteiger charge is -2.24. The zero-order valence-electron chi connectivity index (χ0n) is 13.0. The van der Waals surface area contributed by atoms with E-state index in [1.807, 2.05) is 11.8 Å². The summed E-state index contributed by atoms with van der Waals surface area (Å²) in [7, 11) is 2.09. The van der Waals surface area contributed by atoms with Crippen molar-refractivity contribution in [3.05, 3.63) is 64.7 Å². The van der Waals surface area contributed by atoms with Crippen molar-refractivity contribution in [2.75, 3.05) is 12.8 Å². The standard InChI is InChI=1S/C19H23NS/c1-13-8-9-15(10-14(13)2)11-18(20-3)17-12-21-19-7-5-4-6-16(17)19/h4-10,17-18,20H,11-12H2,1-3H3. The molecule has 1 aliphatic rings. The van der Waals surface area contributed by atoms with Crippen molar-refractivity contribution in [3.8, 4) is 0 Å². The molecule has 0 saturated carbocycles. The van der Waals surface area contributed by atoms with Crippen LogP contribution in [0.15, 0.2) is 47.4 Å². The van der Waals surface area contributed by atoms with Crippen molar-refractivity contribution in [2.24, 2.45) is 0 Å². The highest BCUT2D eigenvalue weighted by Crippen LogP contribution is 2.41. The first-order chi connectivity index (χ1) is 10.2. The quantitative estimate of drug-likeness (QED) is 0.902. The van der Waals surface area contributed by atoms with E-state index in [0.29, 0.717) is 12.0 Å². The number of hydrogen-bond donors (Lipinski definition) is 1. The fraction of sp³-hybridized carbons (Fsp3) is 0.368. The number of benzene rings is 2. The SMILES string of the molecule is CNC(Cc1ccc(C)c(C)c1)C1CSc2ccccc21. The summed E-state index contributed by atoms with van der Waals surface area (Å²) in [5.41, 5.74) is 5.72. The van der Waals surface area contributed by atoms with E-state index in [1.54, 1.807) is 0 Å². The number of hydrogen-bond acceptors (Lipinski definition) is 2. The molecule has 2 heteroatoms. The van der Waals surface area contributed by atoms with Crippen LogP contribution in [0.2, 0.25) is 0 Å². The zero-order valence-corrected chi connectivity index (χ0v) is 13.8. The van der Waals surface area contributed by atoms with Crippen LogP contribution in [0.5, 0.6) is 0 Å². The lowest BCUT2D eigenvalue weighted by Crippen LogP contribution is -2.34. The summed E-state index contributed by atoms with van der Waals surface area (Å²) in [4.78, 5) is 1.46. The zero-order chi connectivity index (χ0) is 14.8. The highest BCUT2D eigenvalue weighted by molar-refractivity contribution is 7.99. The third-order valence-corrected chi connectivity index (χ3v) is 5.83. The van der Waals surface area contributed by atoms with Crippen molar-refractivity contribution >= 4 is 11.8 Å². The Kier molecular flexibility index (Phi) is 4.37. The van der Waals surface area contributed by atoms with E-state index in [-0.39, 0.29) is 0 Å². The van der Waals surface area contributed by atoms with E-state index in [2.05, 4.69) is 68.7 Å². The van der Waals surface area contributed by atoms with Crippen molar-refractivity contribution < 1.29 is 0 Å². The molecule has 0 aliphatic carbocycles. The van der Waals surface area contributed by atoms with E-state index < -0.39 is 0 Å². The van der Waals surface area contributed by atoms with Crippen molar-refractivity contribution in [2.45, 2.75) is 37.1 Å². The van der Waals surface area contributed by atoms with Gasteiger partial charge in [-0.1, -0.05) is 36.4 Å². The summed E-state index contributed by atoms with van der Waals surface area (Å²) < 4.78 is 0. The molecule has 2 atom stereocenters. The molecule has 1 nitrogen and oxygen atoms in total. The van der Waals surface area contributed by atoms with Crippen molar-refractivity contribution in [1.29, 1.82) is 0 Å². The summed E-state index contributed by atoms with van der Waals surface area (Å²) in [6.45, 7) is 4.38. The topological polar surface area (TPSA) is 12.0 Å². The Bertz CT molecular complexity index is 635. The number of likely N-dealkylation sites (N-methyl/N-ethyl adjacent to an activating group) is 1. The molecule has 1 N–H and O–H groups in total. The maximum Gasteiger partial charge on any atom is 0.0182 e. The lowest BCUT2D eigenvalue weighted by molar-refractivity contribution is 0.489. The second kappa shape index (κ2) is 6.25. The van der Waals surface area contributed by atoms with Gasteiger partial charge in [0.15, 0.2) is 0 Å². The molecule has 2 aromatic carbocycles. The third kappa shape index (κ3) is 3.02. The molecule has 0 amide bonds. The maximum absolute atomic E-state index is 3.55. The van der Waals surface area contributed by atoms with Crippen LogP contribution in [0.1, 0.15) is 28.2 Å². The second-order valence-electron chi connectivity index (χ2n) is 5.97. The second-order valence-corrected chi connectivity index (χ2v) is 7.04. The minimum Gasteiger partial charge on any atom is -0.316 e. The molecule has 2 aromatic rings. The highest BCUT2D eigenvalue weighted by atomic mass is 32.2. The van der Waals surface area contributed by atoms with Crippen LogP contribution in [-0.2, 0) is 6.42 Å². The molecule has 0 spiro atoms. The molecular weight excluding hydrogens is 274 g/mol. The van der Waals surface area contributed by atoms with Gasteiger partial charge in [0.1, 0.15) is 0 Å². The first kappa shape index (κ1) is 14.7. The number of nitrogens with one attached hydrogen (secondary N) is 1. The van der Waals surface area contributed by atoms with Crippen LogP contribution >= 0.6 is 11.8 Å². The molecule has 0 radical (unpaired) electrons. The van der Waals surface area contributed by atoms with Crippen LogP contribution in [0.25, 0.3) is 0 Å². The lowest BCUT2D eigenvalue weighted by atomic mass is 9.88. The number of thioether (sulfide) groups is 1. The molecule has 0 bridgehead atoms. The molecule has 2 unspecified atom stereocenters. The molecule has 0 fully saturated rings. The molecular formula is C19H23NS. The fourth-order valence-electron chi connectivity index (χ4n) is 3.15. The summed E-state index contributed by atoms with van der Waals surface area (Å²) in [5, 5.41) is 3.55. The number of fused-ring (bicyclic) bond motifs is 1. The Hall–Kier alpha value is -1.25. The molecule has 0 aromatic heterocycles. The molecule has 1 aliphatic heterocycles. The third-order valence-electron chi connectivity index (χ3n) is 4.62. The van der Waals surface area contributed by atoms with Gasteiger partial charge in [-0.2, -0.15) is 0 Å². The summed E-state index contributed by atoms with van der Waals surface area (Å²) in [6.07, 6.45) is 1.09. The van der Waals surface area contributed by atoms with Gasteiger partial charge in [-0.3, -0.25) is 0 Å².